The quantitative estimate of drug-likeness (QED) is 0.0396. The number of carbonyl (C=O) groups is 5. The summed E-state index contributed by atoms with van der Waals surface area (Å²) in [5.41, 5.74) is 5.39. The minimum atomic E-state index is -0.400. The number of aryl methyl sites for hydroxylation is 4. The van der Waals surface area contributed by atoms with Gasteiger partial charge in [-0.2, -0.15) is 0 Å². The largest absolute Gasteiger partial charge is 0.458 e. The molecule has 0 heterocycles. The lowest BCUT2D eigenvalue weighted by Crippen LogP contribution is -2.11. The van der Waals surface area contributed by atoms with E-state index in [-0.39, 0.29) is 12.4 Å². The van der Waals surface area contributed by atoms with Crippen molar-refractivity contribution in [3.8, 4) is 0 Å². The van der Waals surface area contributed by atoms with Crippen LogP contribution in [0.15, 0.2) is 121 Å². The zero-order chi connectivity index (χ0) is 42.5. The Labute approximate surface area is 357 Å². The zero-order valence-corrected chi connectivity index (χ0v) is 36.9. The number of ether oxygens (including phenoxy) is 1. The maximum atomic E-state index is 11.3. The minimum Gasteiger partial charge on any atom is -0.458 e. The van der Waals surface area contributed by atoms with Gasteiger partial charge in [0.25, 0.3) is 0 Å². The number of halogens is 1. The summed E-state index contributed by atoms with van der Waals surface area (Å²) in [6.07, 6.45) is 15.8. The molecule has 4 rings (SSSR count). The molecule has 0 saturated carbocycles. The molecule has 0 atom stereocenters. The van der Waals surface area contributed by atoms with Crippen molar-refractivity contribution in [3.05, 3.63) is 144 Å². The van der Waals surface area contributed by atoms with Crippen molar-refractivity contribution in [1.82, 2.24) is 0 Å². The molecule has 0 aromatic heterocycles. The van der Waals surface area contributed by atoms with E-state index in [9.17, 15) is 24.0 Å². The van der Waals surface area contributed by atoms with Gasteiger partial charge in [0.05, 0.1) is 5.33 Å². The van der Waals surface area contributed by atoms with Crippen LogP contribution in [0.25, 0.3) is 0 Å². The van der Waals surface area contributed by atoms with Crippen LogP contribution in [0.5, 0.6) is 0 Å². The maximum Gasteiger partial charge on any atom is 0.303 e. The van der Waals surface area contributed by atoms with Gasteiger partial charge in [-0.25, -0.2) is 0 Å². The fraction of sp³-hybridized carbons (Fsp3) is 0.431. The van der Waals surface area contributed by atoms with Crippen LogP contribution >= 0.6 is 15.9 Å². The number of Topliss-reactive ketones (excluding diaryl/α,β-unsaturated/α-hetero) is 4. The van der Waals surface area contributed by atoms with Crippen LogP contribution in [0.2, 0.25) is 0 Å². The van der Waals surface area contributed by atoms with Gasteiger partial charge >= 0.3 is 5.97 Å². The second-order valence-corrected chi connectivity index (χ2v) is 14.9. The van der Waals surface area contributed by atoms with Gasteiger partial charge in [0, 0.05) is 39.0 Å². The number of hydrogen-bond donors (Lipinski definition) is 0. The first-order valence-electron chi connectivity index (χ1n) is 21.0. The van der Waals surface area contributed by atoms with Crippen LogP contribution in [-0.2, 0) is 54.4 Å². The molecule has 0 unspecified atom stereocenters. The predicted molar refractivity (Wildman–Crippen MR) is 242 cm³/mol. The van der Waals surface area contributed by atoms with E-state index in [1.807, 2.05) is 43.3 Å². The van der Waals surface area contributed by atoms with Crippen LogP contribution in [0.3, 0.4) is 0 Å². The summed E-state index contributed by atoms with van der Waals surface area (Å²) >= 11 is 3.16. The standard InChI is InChI=1S/C14H18O3.C13H18O.C12H15BrO.C12H16O/c1-12(15)17-11-14(16)10-6-5-9-13-7-3-2-4-8-13;1-2-13(14)11-7-6-10-12-8-4-3-5-9-12;13-10-12(14)9-5-4-8-11-6-2-1-3-7-11;1-11(13)7-5-6-10-12-8-3-2-4-9-12/h2-4,7-8H,5-6,9-11H2,1H3;3-5,8-9H,2,6-7,10-11H2,1H3;1-3,6-7H,4-5,8-10H2;2-4,8-9H,5-7,10H2,1H3. The number of benzene rings is 4. The van der Waals surface area contributed by atoms with Crippen LogP contribution in [-0.4, -0.2) is 41.0 Å². The van der Waals surface area contributed by atoms with Gasteiger partial charge in [-0.05, 0) is 106 Å². The fourth-order valence-electron chi connectivity index (χ4n) is 5.73. The summed E-state index contributed by atoms with van der Waals surface area (Å²) in [4.78, 5) is 54.4. The summed E-state index contributed by atoms with van der Waals surface area (Å²) in [6, 6.07) is 41.4. The first-order chi connectivity index (χ1) is 28.1. The van der Waals surface area contributed by atoms with Gasteiger partial charge < -0.3 is 9.53 Å². The van der Waals surface area contributed by atoms with Crippen molar-refractivity contribution < 1.29 is 28.7 Å². The molecule has 0 aliphatic rings. The van der Waals surface area contributed by atoms with Crippen LogP contribution in [0.1, 0.15) is 126 Å². The van der Waals surface area contributed by atoms with Crippen molar-refractivity contribution in [2.75, 3.05) is 11.9 Å². The maximum absolute atomic E-state index is 11.3. The van der Waals surface area contributed by atoms with E-state index in [0.717, 1.165) is 89.9 Å². The topological polar surface area (TPSA) is 94.6 Å². The average molecular weight is 856 g/mol. The molecule has 0 saturated heterocycles. The number of esters is 1. The molecule has 0 radical (unpaired) electrons. The highest BCUT2D eigenvalue weighted by atomic mass is 79.9. The lowest BCUT2D eigenvalue weighted by atomic mass is 10.1. The second-order valence-electron chi connectivity index (χ2n) is 14.4. The first kappa shape index (κ1) is 51.5. The molecule has 7 heteroatoms. The van der Waals surface area contributed by atoms with Gasteiger partial charge in [-0.3, -0.25) is 19.2 Å². The molecule has 0 aliphatic heterocycles. The Morgan fingerprint density at radius 3 is 1.03 bits per heavy atom. The molecule has 0 fully saturated rings. The number of rotatable bonds is 24. The SMILES string of the molecule is CC(=O)CCCCc1ccccc1.CC(=O)OCC(=O)CCCCc1ccccc1.CCC(=O)CCCCc1ccccc1.O=C(CBr)CCCCc1ccccc1. The smallest absolute Gasteiger partial charge is 0.303 e. The fourth-order valence-corrected chi connectivity index (χ4v) is 6.01. The number of carbonyl (C=O) groups excluding carboxylic acids is 5. The summed E-state index contributed by atoms with van der Waals surface area (Å²) in [7, 11) is 0. The van der Waals surface area contributed by atoms with Crippen molar-refractivity contribution in [3.63, 3.8) is 0 Å². The lowest BCUT2D eigenvalue weighted by molar-refractivity contribution is -0.145. The van der Waals surface area contributed by atoms with E-state index >= 15 is 0 Å². The summed E-state index contributed by atoms with van der Waals surface area (Å²) in [5, 5.41) is 0.498. The van der Waals surface area contributed by atoms with Crippen LogP contribution < -0.4 is 0 Å². The predicted octanol–water partition coefficient (Wildman–Crippen LogP) is 12.3. The van der Waals surface area contributed by atoms with Gasteiger partial charge in [0.1, 0.15) is 24.0 Å². The molecule has 0 N–H and O–H groups in total. The van der Waals surface area contributed by atoms with Gasteiger partial charge in [-0.15, -0.1) is 0 Å². The number of alkyl halides is 1. The molecule has 0 bridgehead atoms. The van der Waals surface area contributed by atoms with E-state index in [1.165, 1.54) is 29.2 Å². The third-order valence-electron chi connectivity index (χ3n) is 9.11. The average Bonchev–Trinajstić information content (AvgIpc) is 3.25. The Morgan fingerprint density at radius 1 is 0.431 bits per heavy atom. The van der Waals surface area contributed by atoms with Gasteiger partial charge in [0.15, 0.2) is 5.78 Å². The van der Waals surface area contributed by atoms with E-state index in [4.69, 9.17) is 0 Å². The van der Waals surface area contributed by atoms with Crippen LogP contribution in [0, 0.1) is 0 Å². The Hall–Kier alpha value is -4.49. The molecule has 4 aromatic carbocycles. The second kappa shape index (κ2) is 35.7. The van der Waals surface area contributed by atoms with E-state index in [1.54, 1.807) is 6.92 Å². The highest BCUT2D eigenvalue weighted by Crippen LogP contribution is 2.10. The highest BCUT2D eigenvalue weighted by molar-refractivity contribution is 9.09. The molecule has 4 aromatic rings. The minimum absolute atomic E-state index is 0.00624. The van der Waals surface area contributed by atoms with Gasteiger partial charge in [0.2, 0.25) is 0 Å². The Bertz CT molecular complexity index is 1580. The van der Waals surface area contributed by atoms with E-state index in [0.29, 0.717) is 41.9 Å². The summed E-state index contributed by atoms with van der Waals surface area (Å²) in [6.45, 7) is 4.81. The Balaban J connectivity index is 0.000000389. The molecule has 6 nitrogen and oxygen atoms in total. The van der Waals surface area contributed by atoms with Crippen LogP contribution in [0.4, 0.5) is 0 Å². The number of hydrogen-bond acceptors (Lipinski definition) is 6. The highest BCUT2D eigenvalue weighted by Gasteiger charge is 2.04. The van der Waals surface area contributed by atoms with Crippen molar-refractivity contribution in [1.29, 1.82) is 0 Å². The molecular weight excluding hydrogens is 788 g/mol. The van der Waals surface area contributed by atoms with Gasteiger partial charge in [-0.1, -0.05) is 144 Å². The van der Waals surface area contributed by atoms with E-state index < -0.39 is 5.97 Å². The van der Waals surface area contributed by atoms with Crippen molar-refractivity contribution in [2.24, 2.45) is 0 Å². The Morgan fingerprint density at radius 2 is 0.741 bits per heavy atom. The molecule has 0 amide bonds. The monoisotopic (exact) mass is 854 g/mol. The third-order valence-corrected chi connectivity index (χ3v) is 9.73. The summed E-state index contributed by atoms with van der Waals surface area (Å²) in [5.74, 6) is 0.583. The van der Waals surface area contributed by atoms with E-state index in [2.05, 4.69) is 106 Å². The van der Waals surface area contributed by atoms with Crippen molar-refractivity contribution in [2.45, 2.75) is 130 Å². The Kier molecular flexibility index (Phi) is 31.7. The third kappa shape index (κ3) is 31.6. The normalized spacial score (nSPS) is 10.0. The molecular formula is C51H67BrO6. The zero-order valence-electron chi connectivity index (χ0n) is 35.3. The summed E-state index contributed by atoms with van der Waals surface area (Å²) < 4.78 is 4.63. The lowest BCUT2D eigenvalue weighted by Gasteiger charge is -2.02. The number of ketones is 4. The molecule has 0 spiro atoms. The first-order valence-corrected chi connectivity index (χ1v) is 22.1. The number of unbranched alkanes of at least 4 members (excludes halogenated alkanes) is 4. The molecule has 0 aliphatic carbocycles. The molecule has 314 valence electrons. The van der Waals surface area contributed by atoms with Crippen molar-refractivity contribution >= 4 is 45.0 Å². The molecule has 58 heavy (non-hydrogen) atoms.